The molecular weight excluding hydrogens is 408 g/mol. The van der Waals surface area contributed by atoms with Gasteiger partial charge in [-0.05, 0) is 46.5 Å². The summed E-state index contributed by atoms with van der Waals surface area (Å²) in [6.07, 6.45) is 1.41. The summed E-state index contributed by atoms with van der Waals surface area (Å²) in [7, 11) is 0. The minimum absolute atomic E-state index is 0.315. The minimum Gasteiger partial charge on any atom is -0.319 e. The summed E-state index contributed by atoms with van der Waals surface area (Å²) in [4.78, 5) is 38.8. The van der Waals surface area contributed by atoms with Crippen LogP contribution in [0.2, 0.25) is 0 Å². The molecule has 11 nitrogen and oxygen atoms in total. The first kappa shape index (κ1) is 19.2. The first-order valence-electron chi connectivity index (χ1n) is 8.68. The zero-order valence-corrected chi connectivity index (χ0v) is 16.4. The molecule has 3 aromatic rings. The van der Waals surface area contributed by atoms with E-state index in [1.807, 2.05) is 6.07 Å². The number of rotatable bonds is 5. The normalized spacial score (nSPS) is 18.2. The first-order chi connectivity index (χ1) is 14.4. The third-order valence-electron chi connectivity index (χ3n) is 4.65. The monoisotopic (exact) mass is 422 g/mol. The topological polar surface area (TPSA) is 146 Å². The lowest BCUT2D eigenvalue weighted by molar-refractivity contribution is -0.133. The van der Waals surface area contributed by atoms with E-state index in [2.05, 4.69) is 26.2 Å². The van der Waals surface area contributed by atoms with Gasteiger partial charge in [-0.15, -0.1) is 16.4 Å². The van der Waals surface area contributed by atoms with Gasteiger partial charge in [0.05, 0.1) is 11.3 Å². The van der Waals surface area contributed by atoms with Gasteiger partial charge < -0.3 is 10.6 Å². The lowest BCUT2D eigenvalue weighted by atomic mass is 9.91. The second kappa shape index (κ2) is 7.37. The highest BCUT2D eigenvalue weighted by molar-refractivity contribution is 7.14. The molecule has 0 saturated carbocycles. The highest BCUT2D eigenvalue weighted by Crippen LogP contribution is 2.30. The molecule has 3 heterocycles. The predicted octanol–water partition coefficient (Wildman–Crippen LogP) is 1.00. The standard InChI is InChI=1S/C18H14N8O3S/c1-18(12-3-2-4-13(7-12)26-10-20-23-24-26)16(28)25(17(29)22-18)9-14(27)21-15-11(8-19)5-6-30-15/h2-7,10H,9H2,1H3,(H,21,27)(H,22,29)/t18-/m0/s1. The molecule has 0 spiro atoms. The zero-order valence-electron chi connectivity index (χ0n) is 15.6. The van der Waals surface area contributed by atoms with Crippen molar-refractivity contribution >= 4 is 34.2 Å². The Bertz CT molecular complexity index is 1180. The Hall–Kier alpha value is -4.11. The van der Waals surface area contributed by atoms with Crippen molar-refractivity contribution in [1.82, 2.24) is 30.4 Å². The van der Waals surface area contributed by atoms with Gasteiger partial charge in [0.1, 0.15) is 29.5 Å². The smallest absolute Gasteiger partial charge is 0.319 e. The fourth-order valence-electron chi connectivity index (χ4n) is 3.08. The average Bonchev–Trinajstić information content (AvgIpc) is 3.46. The van der Waals surface area contributed by atoms with E-state index in [9.17, 15) is 14.4 Å². The number of nitrogens with one attached hydrogen (secondary N) is 2. The molecule has 0 aliphatic carbocycles. The van der Waals surface area contributed by atoms with Crippen molar-refractivity contribution in [3.8, 4) is 11.8 Å². The number of anilines is 1. The van der Waals surface area contributed by atoms with Gasteiger partial charge in [-0.1, -0.05) is 12.1 Å². The Morgan fingerprint density at radius 2 is 2.20 bits per heavy atom. The Morgan fingerprint density at radius 1 is 1.37 bits per heavy atom. The van der Waals surface area contributed by atoms with Gasteiger partial charge in [-0.2, -0.15) is 5.26 Å². The van der Waals surface area contributed by atoms with Crippen LogP contribution in [0, 0.1) is 11.3 Å². The summed E-state index contributed by atoms with van der Waals surface area (Å²) in [5.41, 5.74) is 0.0811. The lowest BCUT2D eigenvalue weighted by Gasteiger charge is -2.22. The number of tetrazole rings is 1. The number of imide groups is 1. The van der Waals surface area contributed by atoms with Crippen LogP contribution in [0.25, 0.3) is 5.69 Å². The van der Waals surface area contributed by atoms with Crippen molar-refractivity contribution in [2.45, 2.75) is 12.5 Å². The zero-order chi connectivity index (χ0) is 21.3. The number of carbonyl (C=O) groups excluding carboxylic acids is 3. The Labute approximate surface area is 173 Å². The molecule has 1 aromatic carbocycles. The van der Waals surface area contributed by atoms with Crippen LogP contribution in [0.3, 0.4) is 0 Å². The van der Waals surface area contributed by atoms with Crippen LogP contribution in [-0.4, -0.2) is 49.5 Å². The molecule has 30 heavy (non-hydrogen) atoms. The van der Waals surface area contributed by atoms with Crippen molar-refractivity contribution in [2.75, 3.05) is 11.9 Å². The van der Waals surface area contributed by atoms with Gasteiger partial charge >= 0.3 is 6.03 Å². The van der Waals surface area contributed by atoms with Gasteiger partial charge in [0.15, 0.2) is 0 Å². The van der Waals surface area contributed by atoms with E-state index in [1.165, 1.54) is 22.3 Å². The molecule has 0 bridgehead atoms. The molecule has 2 N–H and O–H groups in total. The van der Waals surface area contributed by atoms with Gasteiger partial charge in [-0.25, -0.2) is 9.48 Å². The summed E-state index contributed by atoms with van der Waals surface area (Å²) in [5.74, 6) is -1.15. The molecule has 1 fully saturated rings. The number of carbonyl (C=O) groups is 3. The van der Waals surface area contributed by atoms with E-state index < -0.39 is 29.9 Å². The summed E-state index contributed by atoms with van der Waals surface area (Å²) < 4.78 is 1.42. The molecule has 1 aliphatic rings. The predicted molar refractivity (Wildman–Crippen MR) is 104 cm³/mol. The Morgan fingerprint density at radius 3 is 2.93 bits per heavy atom. The molecule has 0 unspecified atom stereocenters. The van der Waals surface area contributed by atoms with Gasteiger partial charge in [0.25, 0.3) is 5.91 Å². The van der Waals surface area contributed by atoms with Gasteiger partial charge in [0, 0.05) is 0 Å². The molecule has 1 atom stereocenters. The number of nitriles is 1. The number of aromatic nitrogens is 4. The molecule has 1 saturated heterocycles. The maximum atomic E-state index is 13.1. The summed E-state index contributed by atoms with van der Waals surface area (Å²) in [6.45, 7) is 1.09. The van der Waals surface area contributed by atoms with Crippen molar-refractivity contribution in [1.29, 1.82) is 5.26 Å². The van der Waals surface area contributed by atoms with Gasteiger partial charge in [0.2, 0.25) is 5.91 Å². The Balaban J connectivity index is 1.54. The third-order valence-corrected chi connectivity index (χ3v) is 5.48. The largest absolute Gasteiger partial charge is 0.325 e. The quantitative estimate of drug-likeness (QED) is 0.583. The number of urea groups is 1. The molecular formula is C18H14N8O3S. The Kier molecular flexibility index (Phi) is 4.72. The van der Waals surface area contributed by atoms with Crippen LogP contribution >= 0.6 is 11.3 Å². The summed E-state index contributed by atoms with van der Waals surface area (Å²) in [5, 5.41) is 27.3. The number of amides is 4. The lowest BCUT2D eigenvalue weighted by Crippen LogP contribution is -2.42. The summed E-state index contributed by atoms with van der Waals surface area (Å²) in [6, 6.07) is 9.70. The van der Waals surface area contributed by atoms with Gasteiger partial charge in [-0.3, -0.25) is 14.5 Å². The van der Waals surface area contributed by atoms with Crippen LogP contribution in [0.5, 0.6) is 0 Å². The summed E-state index contributed by atoms with van der Waals surface area (Å²) >= 11 is 1.18. The average molecular weight is 422 g/mol. The fraction of sp³-hybridized carbons (Fsp3) is 0.167. The highest BCUT2D eigenvalue weighted by atomic mass is 32.1. The van der Waals surface area contributed by atoms with Crippen molar-refractivity contribution in [2.24, 2.45) is 0 Å². The van der Waals surface area contributed by atoms with E-state index in [0.717, 1.165) is 4.90 Å². The van der Waals surface area contributed by atoms with E-state index in [-0.39, 0.29) is 0 Å². The number of hydrogen-bond donors (Lipinski definition) is 2. The molecule has 4 amide bonds. The molecule has 12 heteroatoms. The number of nitrogens with zero attached hydrogens (tertiary/aromatic N) is 6. The SMILES string of the molecule is C[C@@]1(c2cccc(-n3cnnn3)c2)NC(=O)N(CC(=O)Nc2sccc2C#N)C1=O. The first-order valence-corrected chi connectivity index (χ1v) is 9.56. The van der Waals surface area contributed by atoms with Crippen molar-refractivity contribution in [3.63, 3.8) is 0 Å². The van der Waals surface area contributed by atoms with E-state index in [0.29, 0.717) is 21.8 Å². The molecule has 2 aromatic heterocycles. The third kappa shape index (κ3) is 3.27. The van der Waals surface area contributed by atoms with Crippen LogP contribution < -0.4 is 10.6 Å². The van der Waals surface area contributed by atoms with E-state index in [4.69, 9.17) is 5.26 Å². The molecule has 150 valence electrons. The van der Waals surface area contributed by atoms with Crippen molar-refractivity contribution < 1.29 is 14.4 Å². The number of thiophene rings is 1. The molecule has 1 aliphatic heterocycles. The van der Waals surface area contributed by atoms with E-state index in [1.54, 1.807) is 42.6 Å². The fourth-order valence-corrected chi connectivity index (χ4v) is 3.83. The van der Waals surface area contributed by atoms with Crippen molar-refractivity contribution in [3.05, 3.63) is 53.2 Å². The van der Waals surface area contributed by atoms with E-state index >= 15 is 0 Å². The highest BCUT2D eigenvalue weighted by Gasteiger charge is 2.49. The van der Waals surface area contributed by atoms with Crippen LogP contribution in [0.1, 0.15) is 18.1 Å². The number of hydrogen-bond acceptors (Lipinski definition) is 8. The number of benzene rings is 1. The second-order valence-electron chi connectivity index (χ2n) is 6.57. The maximum Gasteiger partial charge on any atom is 0.325 e. The molecule has 4 rings (SSSR count). The maximum absolute atomic E-state index is 13.1. The second-order valence-corrected chi connectivity index (χ2v) is 7.49. The minimum atomic E-state index is -1.36. The van der Waals surface area contributed by atoms with Crippen LogP contribution in [-0.2, 0) is 15.1 Å². The van der Waals surface area contributed by atoms with Crippen LogP contribution in [0.4, 0.5) is 9.80 Å². The van der Waals surface area contributed by atoms with Crippen LogP contribution in [0.15, 0.2) is 42.0 Å². The molecule has 0 radical (unpaired) electrons.